The molecule has 0 fully saturated rings. The largest absolute Gasteiger partial charge is 0.365 e. The van der Waals surface area contributed by atoms with Crippen molar-refractivity contribution in [2.45, 2.75) is 19.9 Å². The second kappa shape index (κ2) is 7.49. The van der Waals surface area contributed by atoms with Crippen LogP contribution in [0.2, 0.25) is 5.02 Å². The van der Waals surface area contributed by atoms with Crippen molar-refractivity contribution < 1.29 is 4.79 Å². The quantitative estimate of drug-likeness (QED) is 0.765. The normalized spacial score (nSPS) is 11.8. The Hall–Kier alpha value is -2.99. The van der Waals surface area contributed by atoms with Crippen LogP contribution in [0.5, 0.6) is 0 Å². The maximum atomic E-state index is 12.5. The van der Waals surface area contributed by atoms with E-state index in [4.69, 9.17) is 11.6 Å². The molecule has 26 heavy (non-hydrogen) atoms. The summed E-state index contributed by atoms with van der Waals surface area (Å²) in [6.07, 6.45) is 1.46. The molecule has 0 saturated carbocycles. The predicted octanol–water partition coefficient (Wildman–Crippen LogP) is 3.47. The van der Waals surface area contributed by atoms with Crippen molar-refractivity contribution >= 4 is 23.2 Å². The van der Waals surface area contributed by atoms with Crippen LogP contribution in [0.4, 0.5) is 5.69 Å². The molecule has 2 aromatic carbocycles. The number of para-hydroxylation sites is 1. The number of anilines is 1. The van der Waals surface area contributed by atoms with Crippen LogP contribution in [0.25, 0.3) is 11.3 Å². The van der Waals surface area contributed by atoms with E-state index in [9.17, 15) is 9.59 Å². The van der Waals surface area contributed by atoms with Gasteiger partial charge in [0.25, 0.3) is 0 Å². The Morgan fingerprint density at radius 1 is 1.15 bits per heavy atom. The maximum absolute atomic E-state index is 12.5. The van der Waals surface area contributed by atoms with Crippen LogP contribution in [0.15, 0.2) is 59.5 Å². The summed E-state index contributed by atoms with van der Waals surface area (Å²) in [6.45, 7) is 3.50. The van der Waals surface area contributed by atoms with E-state index in [1.807, 2.05) is 25.1 Å². The number of hydrogen-bond donors (Lipinski definition) is 1. The third-order valence-corrected chi connectivity index (χ3v) is 4.26. The van der Waals surface area contributed by atoms with Gasteiger partial charge in [-0.2, -0.15) is 10.1 Å². The molecule has 0 aliphatic rings. The number of halogens is 1. The molecule has 0 aliphatic heterocycles. The third kappa shape index (κ3) is 3.81. The Labute approximate surface area is 155 Å². The molecule has 1 unspecified atom stereocenters. The number of aromatic nitrogens is 3. The van der Waals surface area contributed by atoms with Gasteiger partial charge in [-0.05, 0) is 37.6 Å². The highest BCUT2D eigenvalue weighted by Crippen LogP contribution is 2.18. The van der Waals surface area contributed by atoms with E-state index in [1.165, 1.54) is 6.20 Å². The van der Waals surface area contributed by atoms with Gasteiger partial charge in [0, 0.05) is 16.3 Å². The molecule has 6 nitrogen and oxygen atoms in total. The summed E-state index contributed by atoms with van der Waals surface area (Å²) >= 11 is 5.86. The van der Waals surface area contributed by atoms with Crippen molar-refractivity contribution in [3.63, 3.8) is 0 Å². The van der Waals surface area contributed by atoms with E-state index < -0.39 is 11.7 Å². The molecular weight excluding hydrogens is 352 g/mol. The van der Waals surface area contributed by atoms with Crippen LogP contribution in [0.1, 0.15) is 18.5 Å². The molecule has 0 spiro atoms. The van der Waals surface area contributed by atoms with Gasteiger partial charge < -0.3 is 5.32 Å². The van der Waals surface area contributed by atoms with Crippen LogP contribution in [0, 0.1) is 6.92 Å². The number of carbonyl (C=O) groups excluding carboxylic acids is 1. The molecule has 132 valence electrons. The first-order chi connectivity index (χ1) is 12.5. The highest BCUT2D eigenvalue weighted by atomic mass is 35.5. The van der Waals surface area contributed by atoms with E-state index in [0.717, 1.165) is 15.8 Å². The van der Waals surface area contributed by atoms with Gasteiger partial charge in [0.15, 0.2) is 0 Å². The standard InChI is InChI=1S/C19H17ClN4O2/c1-12-5-3-4-6-16(12)22-18(25)13(2)24-19(26)23-17(11-21-24)14-7-9-15(20)10-8-14/h3-11,13H,1-2H3,(H,22,25). The van der Waals surface area contributed by atoms with Crippen molar-refractivity contribution in [1.29, 1.82) is 0 Å². The maximum Gasteiger partial charge on any atom is 0.365 e. The van der Waals surface area contributed by atoms with Gasteiger partial charge >= 0.3 is 5.69 Å². The molecule has 0 radical (unpaired) electrons. The van der Waals surface area contributed by atoms with E-state index in [1.54, 1.807) is 37.3 Å². The third-order valence-electron chi connectivity index (χ3n) is 4.01. The Kier molecular flexibility index (Phi) is 5.14. The van der Waals surface area contributed by atoms with Crippen LogP contribution in [-0.2, 0) is 4.79 Å². The Bertz CT molecular complexity index is 999. The lowest BCUT2D eigenvalue weighted by Gasteiger charge is -2.15. The number of carbonyl (C=O) groups is 1. The summed E-state index contributed by atoms with van der Waals surface area (Å²) in [6, 6.07) is 13.6. The molecule has 7 heteroatoms. The van der Waals surface area contributed by atoms with Crippen molar-refractivity contribution in [1.82, 2.24) is 14.8 Å². The Morgan fingerprint density at radius 2 is 1.85 bits per heavy atom. The van der Waals surface area contributed by atoms with Gasteiger partial charge in [0.1, 0.15) is 6.04 Å². The smallest absolute Gasteiger partial charge is 0.324 e. The molecule has 0 bridgehead atoms. The van der Waals surface area contributed by atoms with E-state index in [0.29, 0.717) is 16.4 Å². The molecule has 0 aliphatic carbocycles. The van der Waals surface area contributed by atoms with Gasteiger partial charge in [0.05, 0.1) is 11.9 Å². The Balaban J connectivity index is 1.82. The summed E-state index contributed by atoms with van der Waals surface area (Å²) < 4.78 is 1.06. The minimum absolute atomic E-state index is 0.338. The monoisotopic (exact) mass is 368 g/mol. The topological polar surface area (TPSA) is 76.9 Å². The van der Waals surface area contributed by atoms with E-state index in [-0.39, 0.29) is 5.91 Å². The lowest BCUT2D eigenvalue weighted by atomic mass is 10.2. The number of rotatable bonds is 4. The summed E-state index contributed by atoms with van der Waals surface area (Å²) in [4.78, 5) is 28.8. The van der Waals surface area contributed by atoms with Crippen molar-refractivity contribution in [3.8, 4) is 11.3 Å². The molecule has 3 rings (SSSR count). The van der Waals surface area contributed by atoms with E-state index >= 15 is 0 Å². The first-order valence-corrected chi connectivity index (χ1v) is 8.42. The number of amides is 1. The fraction of sp³-hybridized carbons (Fsp3) is 0.158. The van der Waals surface area contributed by atoms with Crippen LogP contribution < -0.4 is 11.0 Å². The molecule has 0 saturated heterocycles. The number of aryl methyl sites for hydroxylation is 1. The first-order valence-electron chi connectivity index (χ1n) is 8.04. The van der Waals surface area contributed by atoms with Crippen LogP contribution in [0.3, 0.4) is 0 Å². The fourth-order valence-corrected chi connectivity index (χ4v) is 2.56. The van der Waals surface area contributed by atoms with Crippen molar-refractivity contribution in [2.24, 2.45) is 0 Å². The van der Waals surface area contributed by atoms with Crippen molar-refractivity contribution in [2.75, 3.05) is 5.32 Å². The fourth-order valence-electron chi connectivity index (χ4n) is 2.44. The lowest BCUT2D eigenvalue weighted by Crippen LogP contribution is -2.35. The number of nitrogens with zero attached hydrogens (tertiary/aromatic N) is 3. The number of nitrogens with one attached hydrogen (secondary N) is 1. The molecule has 1 heterocycles. The summed E-state index contributed by atoms with van der Waals surface area (Å²) in [5, 5.41) is 7.51. The first kappa shape index (κ1) is 17.8. The molecular formula is C19H17ClN4O2. The molecule has 3 aromatic rings. The Morgan fingerprint density at radius 3 is 2.50 bits per heavy atom. The molecule has 1 aromatic heterocycles. The van der Waals surface area contributed by atoms with Crippen LogP contribution >= 0.6 is 11.6 Å². The van der Waals surface area contributed by atoms with Gasteiger partial charge in [-0.1, -0.05) is 41.9 Å². The second-order valence-electron chi connectivity index (χ2n) is 5.86. The van der Waals surface area contributed by atoms with E-state index in [2.05, 4.69) is 15.4 Å². The van der Waals surface area contributed by atoms with Crippen molar-refractivity contribution in [3.05, 3.63) is 75.8 Å². The molecule has 1 atom stereocenters. The zero-order chi connectivity index (χ0) is 18.7. The average Bonchev–Trinajstić information content (AvgIpc) is 2.63. The zero-order valence-electron chi connectivity index (χ0n) is 14.3. The zero-order valence-corrected chi connectivity index (χ0v) is 15.1. The summed E-state index contributed by atoms with van der Waals surface area (Å²) in [7, 11) is 0. The van der Waals surface area contributed by atoms with Gasteiger partial charge in [-0.15, -0.1) is 0 Å². The van der Waals surface area contributed by atoms with Gasteiger partial charge in [0.2, 0.25) is 5.91 Å². The summed E-state index contributed by atoms with van der Waals surface area (Å²) in [5.74, 6) is -0.338. The highest BCUT2D eigenvalue weighted by molar-refractivity contribution is 6.30. The van der Waals surface area contributed by atoms with Gasteiger partial charge in [-0.3, -0.25) is 4.79 Å². The van der Waals surface area contributed by atoms with Crippen LogP contribution in [-0.4, -0.2) is 20.7 Å². The van der Waals surface area contributed by atoms with Gasteiger partial charge in [-0.25, -0.2) is 9.48 Å². The minimum atomic E-state index is -0.797. The lowest BCUT2D eigenvalue weighted by molar-refractivity contribution is -0.119. The highest BCUT2D eigenvalue weighted by Gasteiger charge is 2.19. The molecule has 1 N–H and O–H groups in total. The molecule has 1 amide bonds. The average molecular weight is 369 g/mol. The number of benzene rings is 2. The second-order valence-corrected chi connectivity index (χ2v) is 6.29. The predicted molar refractivity (Wildman–Crippen MR) is 101 cm³/mol. The number of hydrogen-bond acceptors (Lipinski definition) is 4. The minimum Gasteiger partial charge on any atom is -0.324 e. The summed E-state index contributed by atoms with van der Waals surface area (Å²) in [5.41, 5.74) is 2.19. The SMILES string of the molecule is Cc1ccccc1NC(=O)C(C)n1ncc(-c2ccc(Cl)cc2)nc1=O.